The Kier molecular flexibility index (Phi) is 5.95. The van der Waals surface area contributed by atoms with E-state index in [1.54, 1.807) is 13.8 Å². The average Bonchev–Trinajstić information content (AvgIpc) is 2.92. The van der Waals surface area contributed by atoms with E-state index in [4.69, 9.17) is 0 Å². The lowest BCUT2D eigenvalue weighted by atomic mass is 9.58. The number of aliphatic hydroxyl groups is 1. The van der Waals surface area contributed by atoms with E-state index >= 15 is 0 Å². The molecule has 0 aliphatic heterocycles. The normalized spacial score (nSPS) is 31.0. The fourth-order valence-corrected chi connectivity index (χ4v) is 5.20. The third kappa shape index (κ3) is 3.67. The lowest BCUT2D eigenvalue weighted by Gasteiger charge is -2.46. The van der Waals surface area contributed by atoms with Crippen molar-refractivity contribution in [1.29, 1.82) is 0 Å². The molecule has 0 amide bonds. The van der Waals surface area contributed by atoms with E-state index in [1.165, 1.54) is 5.92 Å². The minimum absolute atomic E-state index is 0.0239. The number of hydrogen-bond donors (Lipinski definition) is 1. The first-order valence-corrected chi connectivity index (χ1v) is 9.38. The monoisotopic (exact) mass is 412 g/mol. The second kappa shape index (κ2) is 7.23. The van der Waals surface area contributed by atoms with E-state index in [1.807, 2.05) is 6.92 Å². The summed E-state index contributed by atoms with van der Waals surface area (Å²) in [4.78, 5) is 12.2. The minimum Gasteiger partial charge on any atom is -0.365 e. The van der Waals surface area contributed by atoms with Crippen LogP contribution in [0.5, 0.6) is 0 Å². The summed E-state index contributed by atoms with van der Waals surface area (Å²) >= 11 is 0. The molecule has 2 aliphatic carbocycles. The van der Waals surface area contributed by atoms with Crippen LogP contribution in [0.4, 0.5) is 26.3 Å². The van der Waals surface area contributed by atoms with Gasteiger partial charge in [-0.2, -0.15) is 22.0 Å². The zero-order valence-corrected chi connectivity index (χ0v) is 16.2. The molecule has 8 heteroatoms. The fourth-order valence-electron chi connectivity index (χ4n) is 5.20. The van der Waals surface area contributed by atoms with E-state index in [-0.39, 0.29) is 29.5 Å². The molecular weight excluding hydrogens is 386 g/mol. The van der Waals surface area contributed by atoms with Crippen molar-refractivity contribution in [2.24, 2.45) is 22.7 Å². The molecular formula is C20H26F6O2. The number of alkyl halides is 6. The summed E-state index contributed by atoms with van der Waals surface area (Å²) in [7, 11) is 0. The first-order chi connectivity index (χ1) is 12.6. The molecule has 2 saturated carbocycles. The predicted octanol–water partition coefficient (Wildman–Crippen LogP) is 5.09. The van der Waals surface area contributed by atoms with E-state index in [2.05, 4.69) is 5.92 Å². The smallest absolute Gasteiger partial charge is 0.365 e. The third-order valence-electron chi connectivity index (χ3n) is 6.73. The van der Waals surface area contributed by atoms with Gasteiger partial charge in [-0.25, -0.2) is 4.39 Å². The second-order valence-electron chi connectivity index (χ2n) is 9.02. The highest BCUT2D eigenvalue weighted by atomic mass is 19.4. The van der Waals surface area contributed by atoms with Crippen LogP contribution in [0.25, 0.3) is 0 Å². The molecule has 0 aromatic carbocycles. The van der Waals surface area contributed by atoms with E-state index < -0.39 is 29.8 Å². The maximum Gasteiger partial charge on any atom is 0.435 e. The molecule has 0 bridgehead atoms. The first-order valence-electron chi connectivity index (χ1n) is 9.38. The highest BCUT2D eigenvalue weighted by molar-refractivity contribution is 5.83. The van der Waals surface area contributed by atoms with Gasteiger partial charge in [0, 0.05) is 18.8 Å². The Labute approximate surface area is 161 Å². The molecule has 0 heterocycles. The molecule has 2 rings (SSSR count). The molecule has 0 aromatic rings. The molecule has 2 unspecified atom stereocenters. The van der Waals surface area contributed by atoms with Gasteiger partial charge in [0.2, 0.25) is 0 Å². The van der Waals surface area contributed by atoms with Gasteiger partial charge in [-0.05, 0) is 42.4 Å². The molecule has 2 aliphatic rings. The average molecular weight is 412 g/mol. The van der Waals surface area contributed by atoms with Crippen molar-refractivity contribution in [1.82, 2.24) is 0 Å². The largest absolute Gasteiger partial charge is 0.435 e. The van der Waals surface area contributed by atoms with Gasteiger partial charge in [0.05, 0.1) is 0 Å². The highest BCUT2D eigenvalue weighted by Crippen LogP contribution is 2.60. The number of halogens is 6. The zero-order valence-electron chi connectivity index (χ0n) is 16.2. The number of rotatable bonds is 4. The molecule has 0 radical (unpaired) electrons. The quantitative estimate of drug-likeness (QED) is 0.516. The van der Waals surface area contributed by atoms with Gasteiger partial charge in [0.15, 0.2) is 6.67 Å². The van der Waals surface area contributed by atoms with Crippen LogP contribution in [0.15, 0.2) is 0 Å². The molecule has 0 aromatic heterocycles. The van der Waals surface area contributed by atoms with Crippen LogP contribution in [0.2, 0.25) is 0 Å². The Morgan fingerprint density at radius 3 is 2.32 bits per heavy atom. The van der Waals surface area contributed by atoms with Gasteiger partial charge in [-0.3, -0.25) is 4.79 Å². The Hall–Kier alpha value is -1.23. The summed E-state index contributed by atoms with van der Waals surface area (Å²) in [5, 5.41) is 9.48. The number of ketones is 1. The van der Waals surface area contributed by atoms with Crippen LogP contribution in [-0.4, -0.2) is 35.3 Å². The molecule has 2 nitrogen and oxygen atoms in total. The van der Waals surface area contributed by atoms with E-state index in [0.717, 1.165) is 12.8 Å². The maximum absolute atomic E-state index is 13.5. The van der Waals surface area contributed by atoms with Crippen LogP contribution in [0.1, 0.15) is 59.3 Å². The SMILES string of the molecule is CC(C)(CC#CC(O)(C(F)(F)F)C(F)(F)CF)C1CC[C@H]2C(=O)CCC[C@]12C. The van der Waals surface area contributed by atoms with Gasteiger partial charge < -0.3 is 5.11 Å². The maximum atomic E-state index is 13.5. The van der Waals surface area contributed by atoms with Crippen LogP contribution in [-0.2, 0) is 4.79 Å². The minimum atomic E-state index is -5.81. The van der Waals surface area contributed by atoms with Crippen molar-refractivity contribution >= 4 is 5.78 Å². The highest BCUT2D eigenvalue weighted by Gasteiger charge is 2.69. The van der Waals surface area contributed by atoms with Crippen LogP contribution in [0.3, 0.4) is 0 Å². The second-order valence-corrected chi connectivity index (χ2v) is 9.02. The predicted molar refractivity (Wildman–Crippen MR) is 91.3 cm³/mol. The number of hydrogen-bond acceptors (Lipinski definition) is 2. The van der Waals surface area contributed by atoms with Crippen LogP contribution in [0, 0.1) is 34.5 Å². The third-order valence-corrected chi connectivity index (χ3v) is 6.73. The van der Waals surface area contributed by atoms with Crippen LogP contribution < -0.4 is 0 Å². The summed E-state index contributed by atoms with van der Waals surface area (Å²) in [5.41, 5.74) is -5.71. The van der Waals surface area contributed by atoms with Crippen LogP contribution >= 0.6 is 0 Å². The number of carbonyl (C=O) groups is 1. The van der Waals surface area contributed by atoms with E-state index in [0.29, 0.717) is 19.3 Å². The topological polar surface area (TPSA) is 37.3 Å². The Morgan fingerprint density at radius 1 is 1.18 bits per heavy atom. The van der Waals surface area contributed by atoms with Crippen molar-refractivity contribution in [3.8, 4) is 11.8 Å². The van der Waals surface area contributed by atoms with Gasteiger partial charge in [0.1, 0.15) is 5.78 Å². The van der Waals surface area contributed by atoms with Crippen molar-refractivity contribution < 1.29 is 36.2 Å². The summed E-state index contributed by atoms with van der Waals surface area (Å²) in [6, 6.07) is 0. The molecule has 0 spiro atoms. The van der Waals surface area contributed by atoms with Crippen molar-refractivity contribution in [3.05, 3.63) is 0 Å². The number of Topliss-reactive ketones (excluding diaryl/α,β-unsaturated/α-hetero) is 1. The Bertz CT molecular complexity index is 674. The zero-order chi connectivity index (χ0) is 21.6. The molecule has 1 N–H and O–H groups in total. The Balaban J connectivity index is 2.27. The molecule has 0 saturated heterocycles. The summed E-state index contributed by atoms with van der Waals surface area (Å²) in [5.74, 6) is -1.70. The summed E-state index contributed by atoms with van der Waals surface area (Å²) < 4.78 is 78.4. The van der Waals surface area contributed by atoms with Crippen molar-refractivity contribution in [3.63, 3.8) is 0 Å². The lowest BCUT2D eigenvalue weighted by Crippen LogP contribution is -2.59. The molecule has 28 heavy (non-hydrogen) atoms. The lowest BCUT2D eigenvalue weighted by molar-refractivity contribution is -0.307. The van der Waals surface area contributed by atoms with Gasteiger partial charge in [0.25, 0.3) is 5.60 Å². The Morgan fingerprint density at radius 2 is 1.79 bits per heavy atom. The van der Waals surface area contributed by atoms with Gasteiger partial charge in [-0.15, -0.1) is 0 Å². The number of carbonyl (C=O) groups excluding carboxylic acids is 1. The van der Waals surface area contributed by atoms with Crippen molar-refractivity contribution in [2.45, 2.75) is 77.0 Å². The summed E-state index contributed by atoms with van der Waals surface area (Å²) in [6.45, 7) is 2.88. The molecule has 2 fully saturated rings. The van der Waals surface area contributed by atoms with Crippen molar-refractivity contribution in [2.75, 3.05) is 6.67 Å². The van der Waals surface area contributed by atoms with Gasteiger partial charge >= 0.3 is 12.1 Å². The molecule has 160 valence electrons. The van der Waals surface area contributed by atoms with Gasteiger partial charge in [-0.1, -0.05) is 32.6 Å². The fraction of sp³-hybridized carbons (Fsp3) is 0.850. The molecule has 4 atom stereocenters. The standard InChI is InChI=1S/C20H26F6O2/c1-16(2,15-8-7-13-14(27)6-4-10-17(13,15)3)9-5-11-18(28,20(24,25)26)19(22,23)12-21/h13,15,28H,4,6-10,12H2,1-3H3/t13-,15?,17-,18?/m0/s1. The van der Waals surface area contributed by atoms with E-state index in [9.17, 15) is 36.2 Å². The number of fused-ring (bicyclic) bond motifs is 1. The first kappa shape index (κ1) is 23.1. The summed E-state index contributed by atoms with van der Waals surface area (Å²) in [6.07, 6.45) is -2.49.